The van der Waals surface area contributed by atoms with Crippen molar-refractivity contribution in [2.45, 2.75) is 65.6 Å². The maximum atomic E-state index is 6.25. The molecule has 0 radical (unpaired) electrons. The monoisotopic (exact) mass is 453 g/mol. The zero-order valence-corrected chi connectivity index (χ0v) is 22.0. The molecular weight excluding hydrogens is 406 g/mol. The van der Waals surface area contributed by atoms with Crippen molar-refractivity contribution in [2.24, 2.45) is 11.5 Å². The first-order valence-electron chi connectivity index (χ1n) is 11.6. The molecule has 5 heteroatoms. The van der Waals surface area contributed by atoms with E-state index in [1.165, 1.54) is 0 Å². The van der Waals surface area contributed by atoms with Crippen molar-refractivity contribution in [3.8, 4) is 0 Å². The molecule has 0 rings (SSSR count). The molecular formula is C28H47N5. The second kappa shape index (κ2) is 15.1. The molecule has 33 heavy (non-hydrogen) atoms. The molecule has 0 heterocycles. The van der Waals surface area contributed by atoms with Crippen molar-refractivity contribution < 1.29 is 0 Å². The summed E-state index contributed by atoms with van der Waals surface area (Å²) in [4.78, 5) is 2.13. The van der Waals surface area contributed by atoms with E-state index in [4.69, 9.17) is 11.5 Å². The summed E-state index contributed by atoms with van der Waals surface area (Å²) in [6.45, 7) is 26.4. The Morgan fingerprint density at radius 2 is 1.64 bits per heavy atom. The van der Waals surface area contributed by atoms with E-state index in [0.29, 0.717) is 11.4 Å². The molecule has 0 aromatic heterocycles. The van der Waals surface area contributed by atoms with Gasteiger partial charge in [-0.1, -0.05) is 52.3 Å². The number of hydrogen-bond donors (Lipinski definition) is 4. The van der Waals surface area contributed by atoms with E-state index in [2.05, 4.69) is 62.6 Å². The Hall–Kier alpha value is -2.76. The van der Waals surface area contributed by atoms with Crippen molar-refractivity contribution in [3.63, 3.8) is 0 Å². The van der Waals surface area contributed by atoms with Crippen LogP contribution in [0.5, 0.6) is 0 Å². The molecule has 0 aromatic rings. The molecule has 0 fully saturated rings. The first kappa shape index (κ1) is 30.2. The van der Waals surface area contributed by atoms with Crippen LogP contribution in [0.15, 0.2) is 96.2 Å². The quantitative estimate of drug-likeness (QED) is 0.262. The summed E-state index contributed by atoms with van der Waals surface area (Å²) in [5.74, 6) is 0. The molecule has 0 amide bonds. The normalized spacial score (nSPS) is 16.5. The lowest BCUT2D eigenvalue weighted by Crippen LogP contribution is -2.43. The Balaban J connectivity index is 5.85. The fourth-order valence-corrected chi connectivity index (χ4v) is 3.15. The summed E-state index contributed by atoms with van der Waals surface area (Å²) >= 11 is 0. The van der Waals surface area contributed by atoms with E-state index in [-0.39, 0.29) is 18.1 Å². The summed E-state index contributed by atoms with van der Waals surface area (Å²) in [7, 11) is 4.07. The van der Waals surface area contributed by atoms with E-state index in [0.717, 1.165) is 41.0 Å². The largest absolute Gasteiger partial charge is 0.399 e. The Morgan fingerprint density at radius 3 is 2.06 bits per heavy atom. The van der Waals surface area contributed by atoms with Crippen LogP contribution < -0.4 is 22.1 Å². The van der Waals surface area contributed by atoms with Crippen LogP contribution in [0.2, 0.25) is 0 Å². The van der Waals surface area contributed by atoms with Crippen molar-refractivity contribution in [3.05, 3.63) is 96.2 Å². The van der Waals surface area contributed by atoms with E-state index in [1.807, 2.05) is 52.2 Å². The minimum Gasteiger partial charge on any atom is -0.399 e. The van der Waals surface area contributed by atoms with Gasteiger partial charge in [0.05, 0.1) is 0 Å². The third-order valence-electron chi connectivity index (χ3n) is 5.92. The summed E-state index contributed by atoms with van der Waals surface area (Å²) < 4.78 is 0. The van der Waals surface area contributed by atoms with Crippen LogP contribution in [0.1, 0.15) is 47.5 Å². The van der Waals surface area contributed by atoms with Crippen LogP contribution >= 0.6 is 0 Å². The molecule has 6 N–H and O–H groups in total. The maximum absolute atomic E-state index is 6.25. The summed E-state index contributed by atoms with van der Waals surface area (Å²) in [5.41, 5.74) is 18.2. The van der Waals surface area contributed by atoms with Crippen LogP contribution in [0, 0.1) is 0 Å². The molecule has 2 unspecified atom stereocenters. The number of hydrogen-bond acceptors (Lipinski definition) is 5. The maximum Gasteiger partial charge on any atom is 0.0406 e. The SMILES string of the molecule is C=C/C(=C/C=C(\C=C)NC(=C)/C(=C\C(C)=C(/C)NC(CC)[C@@H](N)CC)C(=C)N)C(C)N(C)C. The van der Waals surface area contributed by atoms with Crippen molar-refractivity contribution in [2.75, 3.05) is 14.1 Å². The summed E-state index contributed by atoms with van der Waals surface area (Å²) in [6.07, 6.45) is 11.5. The first-order chi connectivity index (χ1) is 15.4. The van der Waals surface area contributed by atoms with Crippen molar-refractivity contribution >= 4 is 0 Å². The van der Waals surface area contributed by atoms with Gasteiger partial charge in [-0.25, -0.2) is 0 Å². The third-order valence-corrected chi connectivity index (χ3v) is 5.92. The highest BCUT2D eigenvalue weighted by molar-refractivity contribution is 5.48. The fourth-order valence-electron chi connectivity index (χ4n) is 3.15. The molecule has 0 aliphatic heterocycles. The van der Waals surface area contributed by atoms with Gasteiger partial charge in [-0.05, 0) is 77.1 Å². The standard InChI is InChI=1S/C28H47N5/c1-12-24(23(9)33(10)11)16-17-25(13-2)31-22(8)26(20(6)29)18-19(5)21(7)32-28(15-4)27(30)14-3/h12-13,16-18,23,27-28,31-32H,1-2,6,8,14-15,29-30H2,3-5,7,9-11H3/b21-19+,24-16-,25-17+,26-18-/t23?,27-,28?/m0/s1. The minimum absolute atomic E-state index is 0.103. The van der Waals surface area contributed by atoms with Gasteiger partial charge in [-0.15, -0.1) is 0 Å². The lowest BCUT2D eigenvalue weighted by molar-refractivity contribution is 0.355. The van der Waals surface area contributed by atoms with Crippen LogP contribution in [-0.2, 0) is 0 Å². The van der Waals surface area contributed by atoms with Crippen molar-refractivity contribution in [1.29, 1.82) is 0 Å². The summed E-state index contributed by atoms with van der Waals surface area (Å²) in [5, 5.41) is 6.86. The Labute approximate surface area is 203 Å². The molecule has 0 aliphatic carbocycles. The van der Waals surface area contributed by atoms with E-state index in [1.54, 1.807) is 6.08 Å². The van der Waals surface area contributed by atoms with Gasteiger partial charge < -0.3 is 27.0 Å². The van der Waals surface area contributed by atoms with E-state index >= 15 is 0 Å². The Morgan fingerprint density at radius 1 is 1.03 bits per heavy atom. The molecule has 0 saturated heterocycles. The van der Waals surface area contributed by atoms with Crippen LogP contribution in [0.25, 0.3) is 0 Å². The predicted molar refractivity (Wildman–Crippen MR) is 147 cm³/mol. The highest BCUT2D eigenvalue weighted by atomic mass is 15.1. The number of nitrogens with zero attached hydrogens (tertiary/aromatic N) is 1. The van der Waals surface area contributed by atoms with Gasteiger partial charge in [0.25, 0.3) is 0 Å². The van der Waals surface area contributed by atoms with Crippen LogP contribution in [0.4, 0.5) is 0 Å². The molecule has 0 aromatic carbocycles. The fraction of sp³-hybridized carbons (Fsp3) is 0.429. The second-order valence-corrected chi connectivity index (χ2v) is 8.56. The average molecular weight is 454 g/mol. The topological polar surface area (TPSA) is 79.3 Å². The number of allylic oxidation sites excluding steroid dienone is 6. The number of nitrogens with one attached hydrogen (secondary N) is 2. The molecule has 5 nitrogen and oxygen atoms in total. The lowest BCUT2D eigenvalue weighted by atomic mass is 10.0. The van der Waals surface area contributed by atoms with Crippen LogP contribution in [0.3, 0.4) is 0 Å². The minimum atomic E-state index is 0.103. The molecule has 0 bridgehead atoms. The van der Waals surface area contributed by atoms with Gasteiger partial charge in [-0.3, -0.25) is 0 Å². The van der Waals surface area contributed by atoms with Crippen LogP contribution in [-0.4, -0.2) is 37.1 Å². The van der Waals surface area contributed by atoms with Gasteiger partial charge in [0.2, 0.25) is 0 Å². The second-order valence-electron chi connectivity index (χ2n) is 8.56. The third kappa shape index (κ3) is 10.1. The Kier molecular flexibility index (Phi) is 13.9. The first-order valence-corrected chi connectivity index (χ1v) is 11.6. The highest BCUT2D eigenvalue weighted by Crippen LogP contribution is 2.18. The molecule has 0 aliphatic rings. The Bertz CT molecular complexity index is 823. The molecule has 184 valence electrons. The molecule has 0 saturated carbocycles. The molecule has 3 atom stereocenters. The smallest absolute Gasteiger partial charge is 0.0406 e. The summed E-state index contributed by atoms with van der Waals surface area (Å²) in [6, 6.07) is 0.560. The lowest BCUT2D eigenvalue weighted by Gasteiger charge is -2.25. The number of nitrogens with two attached hydrogens (primary N) is 2. The van der Waals surface area contributed by atoms with Gasteiger partial charge in [-0.2, -0.15) is 0 Å². The zero-order chi connectivity index (χ0) is 25.7. The highest BCUT2D eigenvalue weighted by Gasteiger charge is 2.14. The number of rotatable bonds is 15. The van der Waals surface area contributed by atoms with Crippen molar-refractivity contribution in [1.82, 2.24) is 15.5 Å². The molecule has 0 spiro atoms. The van der Waals surface area contributed by atoms with Gasteiger partial charge in [0.15, 0.2) is 0 Å². The van der Waals surface area contributed by atoms with Gasteiger partial charge in [0.1, 0.15) is 0 Å². The zero-order valence-electron chi connectivity index (χ0n) is 22.0. The van der Waals surface area contributed by atoms with Gasteiger partial charge in [0, 0.05) is 46.5 Å². The van der Waals surface area contributed by atoms with E-state index < -0.39 is 0 Å². The average Bonchev–Trinajstić information content (AvgIpc) is 2.78. The predicted octanol–water partition coefficient (Wildman–Crippen LogP) is 5.02. The number of likely N-dealkylation sites (N-methyl/N-ethyl adjacent to an activating group) is 1. The van der Waals surface area contributed by atoms with E-state index in [9.17, 15) is 0 Å². The van der Waals surface area contributed by atoms with Gasteiger partial charge >= 0.3 is 0 Å².